The van der Waals surface area contributed by atoms with E-state index in [-0.39, 0.29) is 0 Å². The normalized spacial score (nSPS) is 7.00. The van der Waals surface area contributed by atoms with Gasteiger partial charge < -0.3 is 0 Å². The maximum atomic E-state index is 9.27. The molecule has 4 heavy (non-hydrogen) atoms. The number of hydrogen-bond acceptors (Lipinski definition) is 2. The zero-order chi connectivity index (χ0) is 3.41. The second-order valence-electron chi connectivity index (χ2n) is 0.130. The molecule has 0 unspecified atom stereocenters. The van der Waals surface area contributed by atoms with Crippen molar-refractivity contribution < 1.29 is 3.07 Å². The fourth-order valence-electron chi connectivity index (χ4n) is 0. The maximum Gasteiger partial charge on any atom is 0.231 e. The summed E-state index contributed by atoms with van der Waals surface area (Å²) in [6.07, 6.45) is 0. The Labute approximate surface area is 40.6 Å². The molecule has 0 heterocycles. The van der Waals surface area contributed by atoms with Crippen molar-refractivity contribution in [3.05, 3.63) is 0 Å². The van der Waals surface area contributed by atoms with E-state index in [0.717, 1.165) is 0 Å². The molecular weight excluding hydrogens is 284 g/mol. The highest BCUT2D eigenvalue weighted by atomic mass is 128. The van der Waals surface area contributed by atoms with Crippen LogP contribution in [-0.4, -0.2) is 0 Å². The first kappa shape index (κ1) is 5.06. The minimum Gasteiger partial charge on any atom is -0.267 e. The Bertz CT molecular complexity index is 27.0. The van der Waals surface area contributed by atoms with E-state index in [0.29, 0.717) is 0 Å². The third-order valence-electron chi connectivity index (χ3n) is 0.0292. The van der Waals surface area contributed by atoms with Crippen LogP contribution in [0.25, 0.3) is 0 Å². The highest BCUT2D eigenvalue weighted by Gasteiger charge is 1.46. The van der Waals surface area contributed by atoms with Gasteiger partial charge in [0, 0.05) is 0 Å². The number of rotatable bonds is 1. The fourth-order valence-corrected chi connectivity index (χ4v) is 0. The Morgan fingerprint density at radius 2 is 2.00 bits per heavy atom. The second-order valence-corrected chi connectivity index (χ2v) is 5.84. The summed E-state index contributed by atoms with van der Waals surface area (Å²) in [4.78, 5) is 0. The topological polar surface area (TPSA) is 40.9 Å². The van der Waals surface area contributed by atoms with Gasteiger partial charge in [-0.2, -0.15) is 0 Å². The molecule has 26 valence electrons. The van der Waals surface area contributed by atoms with E-state index in [1.165, 1.54) is 0 Å². The quantitative estimate of drug-likeness (QED) is 0.735. The molecule has 0 saturated carbocycles. The highest BCUT2D eigenvalue weighted by molar-refractivity contribution is 15.1. The average molecular weight is 285 g/mol. The molecule has 0 bridgehead atoms. The Morgan fingerprint density at radius 3 is 2.00 bits per heavy atom. The fraction of sp³-hybridized carbons (Fsp3) is 0. The molecule has 1 N–H and O–H groups in total. The van der Waals surface area contributed by atoms with Crippen LogP contribution in [0.5, 0.6) is 0 Å². The summed E-state index contributed by atoms with van der Waals surface area (Å²) >= 11 is -1.45. The molecular formula is HI2NO. The molecule has 0 aromatic rings. The van der Waals surface area contributed by atoms with Crippen molar-refractivity contribution in [3.63, 3.8) is 0 Å². The monoisotopic (exact) mass is 285 g/mol. The Morgan fingerprint density at radius 1 is 1.75 bits per heavy atom. The lowest BCUT2D eigenvalue weighted by molar-refractivity contribution is 0.649. The minimum absolute atomic E-state index is 0.585. The molecule has 2 nitrogen and oxygen atoms in total. The van der Waals surface area contributed by atoms with Crippen molar-refractivity contribution in [1.29, 1.82) is 3.56 Å². The zero-order valence-electron chi connectivity index (χ0n) is 1.66. The van der Waals surface area contributed by atoms with Gasteiger partial charge >= 0.3 is 0 Å². The van der Waals surface area contributed by atoms with E-state index in [9.17, 15) is 3.07 Å². The molecule has 0 atom stereocenters. The summed E-state index contributed by atoms with van der Waals surface area (Å²) in [6, 6.07) is 0. The van der Waals surface area contributed by atoms with E-state index in [1.807, 2.05) is 0 Å². The molecule has 0 saturated heterocycles. The standard InChI is InChI=1S/HI2NO/c3-1-2-4/h3H. The molecule has 0 aromatic carbocycles. The van der Waals surface area contributed by atoms with E-state index >= 15 is 0 Å². The summed E-state index contributed by atoms with van der Waals surface area (Å²) < 4.78 is 15.6. The molecule has 0 radical (unpaired) electrons. The SMILES string of the molecule is N=II=O. The summed E-state index contributed by atoms with van der Waals surface area (Å²) in [5, 5.41) is 0. The molecule has 0 spiro atoms. The number of halogens is 2. The summed E-state index contributed by atoms with van der Waals surface area (Å²) in [5.41, 5.74) is 0. The predicted octanol–water partition coefficient (Wildman–Crippen LogP) is 1.95. The second kappa shape index (κ2) is 4.06. The van der Waals surface area contributed by atoms with Gasteiger partial charge in [-0.05, 0) is 0 Å². The lowest BCUT2D eigenvalue weighted by Crippen LogP contribution is -0.782. The molecule has 0 aliphatic rings. The van der Waals surface area contributed by atoms with Crippen molar-refractivity contribution in [2.75, 3.05) is 0 Å². The van der Waals surface area contributed by atoms with Gasteiger partial charge in [0.15, 0.2) is 0 Å². The lowest BCUT2D eigenvalue weighted by atomic mass is 14.0. The van der Waals surface area contributed by atoms with Gasteiger partial charge in [-0.3, -0.25) is 6.63 Å². The third-order valence-corrected chi connectivity index (χ3v) is 1.31. The first-order valence-corrected chi connectivity index (χ1v) is 8.73. The van der Waals surface area contributed by atoms with Crippen molar-refractivity contribution in [2.24, 2.45) is 0 Å². The molecule has 0 aromatic heterocycles. The molecule has 4 heteroatoms. The molecule has 0 amide bonds. The summed E-state index contributed by atoms with van der Waals surface area (Å²) in [5.74, 6) is 0. The highest BCUT2D eigenvalue weighted by Crippen LogP contribution is 2.12. The van der Waals surface area contributed by atoms with Crippen LogP contribution >= 0.6 is 34.3 Å². The molecule has 0 aliphatic carbocycles. The van der Waals surface area contributed by atoms with Gasteiger partial charge in [0.1, 0.15) is 0 Å². The van der Waals surface area contributed by atoms with Crippen LogP contribution in [0.15, 0.2) is 0 Å². The van der Waals surface area contributed by atoms with E-state index < -0.39 is 34.3 Å². The largest absolute Gasteiger partial charge is 0.267 e. The van der Waals surface area contributed by atoms with Gasteiger partial charge in [0.25, 0.3) is 0 Å². The first-order chi connectivity index (χ1) is 1.91. The summed E-state index contributed by atoms with van der Waals surface area (Å²) in [7, 11) is 0. The molecule has 0 rings (SSSR count). The van der Waals surface area contributed by atoms with Gasteiger partial charge in [-0.15, -0.1) is 0 Å². The minimum atomic E-state index is -0.863. The van der Waals surface area contributed by atoms with E-state index in [4.69, 9.17) is 3.56 Å². The van der Waals surface area contributed by atoms with Crippen molar-refractivity contribution in [1.82, 2.24) is 0 Å². The third kappa shape index (κ3) is 3.06. The van der Waals surface area contributed by atoms with Gasteiger partial charge in [0.2, 0.25) is 17.2 Å². The number of nitrogens with one attached hydrogen (secondary N) is 1. The van der Waals surface area contributed by atoms with Crippen LogP contribution in [0, 0.1) is 3.56 Å². The Kier molecular flexibility index (Phi) is 5.14. The van der Waals surface area contributed by atoms with Crippen molar-refractivity contribution in [2.45, 2.75) is 0 Å². The van der Waals surface area contributed by atoms with E-state index in [1.54, 1.807) is 0 Å². The van der Waals surface area contributed by atoms with Gasteiger partial charge in [-0.25, -0.2) is 0 Å². The van der Waals surface area contributed by atoms with Crippen LogP contribution in [-0.2, 0) is 3.07 Å². The average Bonchev–Trinajstić information content (AvgIpc) is 1.37. The first-order valence-electron chi connectivity index (χ1n) is 0.486. The van der Waals surface area contributed by atoms with Crippen LogP contribution in [0.4, 0.5) is 0 Å². The van der Waals surface area contributed by atoms with Crippen LogP contribution in [0.2, 0.25) is 0 Å². The van der Waals surface area contributed by atoms with Crippen LogP contribution in [0.3, 0.4) is 0 Å². The molecule has 0 fully saturated rings. The van der Waals surface area contributed by atoms with Crippen molar-refractivity contribution in [3.8, 4) is 0 Å². The zero-order valence-corrected chi connectivity index (χ0v) is 5.98. The summed E-state index contributed by atoms with van der Waals surface area (Å²) in [6.45, 7) is 0. The van der Waals surface area contributed by atoms with Gasteiger partial charge in [-0.1, -0.05) is 0 Å². The number of hydrogen-bond donors (Lipinski definition) is 1. The Hall–Kier alpha value is 1.06. The molecule has 0 aliphatic heterocycles. The lowest BCUT2D eigenvalue weighted by Gasteiger charge is -1.31. The smallest absolute Gasteiger partial charge is 0.231 e. The maximum absolute atomic E-state index is 9.27. The van der Waals surface area contributed by atoms with Crippen molar-refractivity contribution >= 4 is 34.3 Å². The Balaban J connectivity index is 2.73. The van der Waals surface area contributed by atoms with Crippen LogP contribution < -0.4 is 0 Å². The predicted molar refractivity (Wildman–Crippen MR) is 31.4 cm³/mol. The van der Waals surface area contributed by atoms with Gasteiger partial charge in [0.05, 0.1) is 17.1 Å². The van der Waals surface area contributed by atoms with Crippen LogP contribution in [0.1, 0.15) is 0 Å². The van der Waals surface area contributed by atoms with E-state index in [2.05, 4.69) is 0 Å².